The summed E-state index contributed by atoms with van der Waals surface area (Å²) in [4.78, 5) is 35.5. The lowest BCUT2D eigenvalue weighted by molar-refractivity contribution is -0.125. The number of anilines is 1. The van der Waals surface area contributed by atoms with Crippen LogP contribution in [0.25, 0.3) is 0 Å². The van der Waals surface area contributed by atoms with Gasteiger partial charge in [-0.1, -0.05) is 26.7 Å². The van der Waals surface area contributed by atoms with E-state index in [0.29, 0.717) is 17.5 Å². The minimum atomic E-state index is -0.606. The summed E-state index contributed by atoms with van der Waals surface area (Å²) >= 11 is 0. The summed E-state index contributed by atoms with van der Waals surface area (Å²) in [5.74, 6) is -0.350. The number of carbonyl (C=O) groups is 3. The lowest BCUT2D eigenvalue weighted by atomic mass is 9.78. The predicted octanol–water partition coefficient (Wildman–Crippen LogP) is 2.64. The van der Waals surface area contributed by atoms with E-state index in [9.17, 15) is 14.4 Å². The Morgan fingerprint density at radius 2 is 1.85 bits per heavy atom. The number of ether oxygens (including phenoxy) is 1. The second-order valence-electron chi connectivity index (χ2n) is 6.98. The maximum absolute atomic E-state index is 12.1. The van der Waals surface area contributed by atoms with Gasteiger partial charge in [0.05, 0.1) is 11.6 Å². The van der Waals surface area contributed by atoms with E-state index < -0.39 is 11.9 Å². The van der Waals surface area contributed by atoms with E-state index >= 15 is 0 Å². The van der Waals surface area contributed by atoms with Gasteiger partial charge in [0.15, 0.2) is 6.61 Å². The Hall–Kier alpha value is -2.88. The normalized spacial score (nSPS) is 21.6. The number of carbonyl (C=O) groups excluding carboxylic acids is 3. The molecule has 1 aromatic carbocycles. The first-order valence-corrected chi connectivity index (χ1v) is 9.14. The lowest BCUT2D eigenvalue weighted by Crippen LogP contribution is -2.45. The number of hydrogen-bond acceptors (Lipinski definition) is 5. The Morgan fingerprint density at radius 3 is 2.52 bits per heavy atom. The third-order valence-electron chi connectivity index (χ3n) is 5.03. The molecule has 2 N–H and O–H groups in total. The second kappa shape index (κ2) is 9.72. The molecule has 3 atom stereocenters. The van der Waals surface area contributed by atoms with Crippen LogP contribution in [0.3, 0.4) is 0 Å². The van der Waals surface area contributed by atoms with Gasteiger partial charge >= 0.3 is 5.97 Å². The maximum atomic E-state index is 12.1. The molecule has 1 aromatic rings. The summed E-state index contributed by atoms with van der Waals surface area (Å²) in [6, 6.07) is 7.94. The summed E-state index contributed by atoms with van der Waals surface area (Å²) in [5.41, 5.74) is 0.755. The largest absolute Gasteiger partial charge is 0.452 e. The molecule has 0 aromatic heterocycles. The summed E-state index contributed by atoms with van der Waals surface area (Å²) in [5, 5.41) is 14.0. The molecule has 1 fully saturated rings. The van der Waals surface area contributed by atoms with Crippen molar-refractivity contribution >= 4 is 23.5 Å². The fourth-order valence-corrected chi connectivity index (χ4v) is 3.22. The number of hydrogen-bond donors (Lipinski definition) is 2. The second-order valence-corrected chi connectivity index (χ2v) is 6.98. The molecule has 0 spiro atoms. The van der Waals surface area contributed by atoms with Crippen LogP contribution >= 0.6 is 0 Å². The average Bonchev–Trinajstić information content (AvgIpc) is 2.64. The van der Waals surface area contributed by atoms with Crippen LogP contribution in [0.2, 0.25) is 0 Å². The SMILES string of the molecule is C[C@H]1[C@@H](NC(=O)COC(=O)c2ccc(NC(=O)CC#N)cc2)CCC[C@@H]1C. The molecule has 2 rings (SSSR count). The van der Waals surface area contributed by atoms with Gasteiger partial charge < -0.3 is 15.4 Å². The predicted molar refractivity (Wildman–Crippen MR) is 99.7 cm³/mol. The molecular weight excluding hydrogens is 346 g/mol. The van der Waals surface area contributed by atoms with E-state index in [0.717, 1.165) is 12.8 Å². The molecule has 1 saturated carbocycles. The van der Waals surface area contributed by atoms with Crippen LogP contribution in [0.4, 0.5) is 5.69 Å². The van der Waals surface area contributed by atoms with Gasteiger partial charge in [-0.05, 0) is 42.5 Å². The van der Waals surface area contributed by atoms with Crippen LogP contribution < -0.4 is 10.6 Å². The number of amides is 2. The van der Waals surface area contributed by atoms with Crippen molar-refractivity contribution in [1.29, 1.82) is 5.26 Å². The molecule has 1 aliphatic carbocycles. The number of nitrogens with one attached hydrogen (secondary N) is 2. The highest BCUT2D eigenvalue weighted by molar-refractivity contribution is 5.94. The molecule has 0 unspecified atom stereocenters. The Morgan fingerprint density at radius 1 is 1.15 bits per heavy atom. The van der Waals surface area contributed by atoms with E-state index in [4.69, 9.17) is 10.00 Å². The van der Waals surface area contributed by atoms with Gasteiger partial charge in [0, 0.05) is 11.7 Å². The van der Waals surface area contributed by atoms with E-state index in [1.807, 2.05) is 0 Å². The highest BCUT2D eigenvalue weighted by Gasteiger charge is 2.28. The smallest absolute Gasteiger partial charge is 0.338 e. The van der Waals surface area contributed by atoms with Crippen LogP contribution in [-0.4, -0.2) is 30.4 Å². The van der Waals surface area contributed by atoms with Crippen molar-refractivity contribution in [3.8, 4) is 6.07 Å². The zero-order chi connectivity index (χ0) is 19.8. The van der Waals surface area contributed by atoms with Crippen molar-refractivity contribution in [3.63, 3.8) is 0 Å². The molecule has 27 heavy (non-hydrogen) atoms. The topological polar surface area (TPSA) is 108 Å². The fourth-order valence-electron chi connectivity index (χ4n) is 3.22. The van der Waals surface area contributed by atoms with Gasteiger partial charge in [0.25, 0.3) is 5.91 Å². The summed E-state index contributed by atoms with van der Waals surface area (Å²) in [7, 11) is 0. The Kier molecular flexibility index (Phi) is 7.35. The van der Waals surface area contributed by atoms with Crippen molar-refractivity contribution in [2.24, 2.45) is 11.8 Å². The first kappa shape index (κ1) is 20.4. The van der Waals surface area contributed by atoms with Gasteiger partial charge in [0.2, 0.25) is 5.91 Å². The Labute approximate surface area is 159 Å². The van der Waals surface area contributed by atoms with Crippen LogP contribution in [-0.2, 0) is 14.3 Å². The van der Waals surface area contributed by atoms with Gasteiger partial charge in [-0.15, -0.1) is 0 Å². The highest BCUT2D eigenvalue weighted by Crippen LogP contribution is 2.29. The fraction of sp³-hybridized carbons (Fsp3) is 0.500. The van der Waals surface area contributed by atoms with E-state index in [2.05, 4.69) is 24.5 Å². The summed E-state index contributed by atoms with van der Waals surface area (Å²) in [6.45, 7) is 4.00. The Balaban J connectivity index is 1.80. The standard InChI is InChI=1S/C20H25N3O4/c1-13-4-3-5-17(14(13)2)23-19(25)12-27-20(26)15-6-8-16(9-7-15)22-18(24)10-11-21/h6-9,13-14,17H,3-5,10,12H2,1-2H3,(H,22,24)(H,23,25)/t13-,14+,17-/m0/s1. The molecule has 2 amide bonds. The van der Waals surface area contributed by atoms with Gasteiger partial charge in [-0.25, -0.2) is 4.79 Å². The van der Waals surface area contributed by atoms with Crippen molar-refractivity contribution in [1.82, 2.24) is 5.32 Å². The molecule has 0 aliphatic heterocycles. The first-order chi connectivity index (χ1) is 12.9. The van der Waals surface area contributed by atoms with Crippen molar-refractivity contribution < 1.29 is 19.1 Å². The van der Waals surface area contributed by atoms with Crippen LogP contribution in [0.1, 0.15) is 49.9 Å². The minimum absolute atomic E-state index is 0.122. The van der Waals surface area contributed by atoms with Gasteiger partial charge in [-0.3, -0.25) is 9.59 Å². The third kappa shape index (κ3) is 6.10. The van der Waals surface area contributed by atoms with E-state index in [1.54, 1.807) is 6.07 Å². The molecule has 1 aliphatic rings. The molecule has 7 heteroatoms. The number of nitriles is 1. The highest BCUT2D eigenvalue weighted by atomic mass is 16.5. The van der Waals surface area contributed by atoms with Crippen molar-refractivity contribution in [2.75, 3.05) is 11.9 Å². The summed E-state index contributed by atoms with van der Waals surface area (Å²) < 4.78 is 5.07. The molecular formula is C20H25N3O4. The van der Waals surface area contributed by atoms with Crippen molar-refractivity contribution in [2.45, 2.75) is 45.6 Å². The Bertz CT molecular complexity index is 724. The van der Waals surface area contributed by atoms with E-state index in [1.165, 1.54) is 30.7 Å². The first-order valence-electron chi connectivity index (χ1n) is 9.14. The molecule has 144 valence electrons. The lowest BCUT2D eigenvalue weighted by Gasteiger charge is -2.34. The van der Waals surface area contributed by atoms with E-state index in [-0.39, 0.29) is 30.5 Å². The van der Waals surface area contributed by atoms with Crippen LogP contribution in [0.5, 0.6) is 0 Å². The number of benzene rings is 1. The van der Waals surface area contributed by atoms with Gasteiger partial charge in [0.1, 0.15) is 6.42 Å². The maximum Gasteiger partial charge on any atom is 0.338 e. The molecule has 0 saturated heterocycles. The van der Waals surface area contributed by atoms with Crippen LogP contribution in [0.15, 0.2) is 24.3 Å². The minimum Gasteiger partial charge on any atom is -0.452 e. The average molecular weight is 371 g/mol. The quantitative estimate of drug-likeness (QED) is 0.747. The number of esters is 1. The van der Waals surface area contributed by atoms with Crippen molar-refractivity contribution in [3.05, 3.63) is 29.8 Å². The molecule has 0 radical (unpaired) electrons. The third-order valence-corrected chi connectivity index (χ3v) is 5.03. The number of rotatable bonds is 6. The zero-order valence-electron chi connectivity index (χ0n) is 15.7. The van der Waals surface area contributed by atoms with Gasteiger partial charge in [-0.2, -0.15) is 5.26 Å². The molecule has 0 heterocycles. The zero-order valence-corrected chi connectivity index (χ0v) is 15.7. The van der Waals surface area contributed by atoms with Crippen LogP contribution in [0, 0.1) is 23.2 Å². The number of nitrogens with zero attached hydrogens (tertiary/aromatic N) is 1. The molecule has 0 bridgehead atoms. The molecule has 7 nitrogen and oxygen atoms in total. The summed E-state index contributed by atoms with van der Waals surface area (Å²) in [6.07, 6.45) is 2.98. The monoisotopic (exact) mass is 371 g/mol.